The first-order chi connectivity index (χ1) is 12.6. The molecule has 8 heteroatoms. The molecule has 3 rings (SSSR count). The average molecular weight is 377 g/mol. The number of ether oxygens (including phenoxy) is 4. The molecule has 1 aliphatic rings. The number of hydrogen-bond donors (Lipinski definition) is 1. The molecule has 0 unspecified atom stereocenters. The first-order valence-electron chi connectivity index (χ1n) is 8.01. The van der Waals surface area contributed by atoms with Crippen LogP contribution >= 0.6 is 11.3 Å². The molecule has 2 aromatic rings. The smallest absolute Gasteiger partial charge is 0.307 e. The molecular formula is C18H19NO6S. The quantitative estimate of drug-likeness (QED) is 0.779. The Morgan fingerprint density at radius 3 is 2.77 bits per heavy atom. The van der Waals surface area contributed by atoms with Gasteiger partial charge in [-0.05, 0) is 23.6 Å². The van der Waals surface area contributed by atoms with Crippen molar-refractivity contribution in [2.45, 2.75) is 12.5 Å². The minimum atomic E-state index is -0.478. The molecule has 0 fully saturated rings. The van der Waals surface area contributed by atoms with E-state index < -0.39 is 12.0 Å². The topological polar surface area (TPSA) is 83.1 Å². The lowest BCUT2D eigenvalue weighted by Crippen LogP contribution is -2.30. The summed E-state index contributed by atoms with van der Waals surface area (Å²) in [6.07, 6.45) is 0.0461. The molecular weight excluding hydrogens is 358 g/mol. The van der Waals surface area contributed by atoms with E-state index in [0.717, 1.165) is 4.88 Å². The normalized spacial score (nSPS) is 13.6. The van der Waals surface area contributed by atoms with Crippen LogP contribution in [0.2, 0.25) is 0 Å². The van der Waals surface area contributed by atoms with Crippen molar-refractivity contribution in [3.8, 4) is 17.2 Å². The van der Waals surface area contributed by atoms with Gasteiger partial charge in [0.15, 0.2) is 11.5 Å². The molecule has 1 N–H and O–H groups in total. The third kappa shape index (κ3) is 3.91. The highest BCUT2D eigenvalue weighted by molar-refractivity contribution is 7.10. The predicted octanol–water partition coefficient (Wildman–Crippen LogP) is 2.56. The Labute approximate surface area is 154 Å². The van der Waals surface area contributed by atoms with Crippen molar-refractivity contribution in [3.05, 3.63) is 40.1 Å². The van der Waals surface area contributed by atoms with Crippen LogP contribution in [0, 0.1) is 0 Å². The number of hydrogen-bond acceptors (Lipinski definition) is 7. The van der Waals surface area contributed by atoms with E-state index in [-0.39, 0.29) is 12.3 Å². The zero-order valence-corrected chi connectivity index (χ0v) is 15.3. The molecule has 0 aliphatic carbocycles. The number of benzene rings is 1. The SMILES string of the molecule is COC(=O)C[C@@H](NC(=O)c1cc(OC)c2c(c1)OCCO2)c1cccs1. The summed E-state index contributed by atoms with van der Waals surface area (Å²) in [6, 6.07) is 6.45. The minimum Gasteiger partial charge on any atom is -0.493 e. The molecule has 7 nitrogen and oxygen atoms in total. The monoisotopic (exact) mass is 377 g/mol. The second kappa shape index (κ2) is 8.09. The van der Waals surface area contributed by atoms with Crippen LogP contribution in [0.15, 0.2) is 29.6 Å². The highest BCUT2D eigenvalue weighted by Crippen LogP contribution is 2.40. The summed E-state index contributed by atoms with van der Waals surface area (Å²) in [5, 5.41) is 4.77. The molecule has 0 radical (unpaired) electrons. The summed E-state index contributed by atoms with van der Waals surface area (Å²) in [4.78, 5) is 25.3. The molecule has 26 heavy (non-hydrogen) atoms. The van der Waals surface area contributed by atoms with Crippen molar-refractivity contribution in [1.29, 1.82) is 0 Å². The third-order valence-electron chi connectivity index (χ3n) is 3.88. The summed E-state index contributed by atoms with van der Waals surface area (Å²) in [5.74, 6) is 0.625. The maximum absolute atomic E-state index is 12.8. The van der Waals surface area contributed by atoms with Gasteiger partial charge in [-0.2, -0.15) is 0 Å². The summed E-state index contributed by atoms with van der Waals surface area (Å²) >= 11 is 1.46. The fraction of sp³-hybridized carbons (Fsp3) is 0.333. The van der Waals surface area contributed by atoms with Crippen LogP contribution in [0.5, 0.6) is 17.2 Å². The van der Waals surface area contributed by atoms with Gasteiger partial charge in [0.05, 0.1) is 26.7 Å². The second-order valence-electron chi connectivity index (χ2n) is 5.52. The van der Waals surface area contributed by atoms with Crippen LogP contribution in [0.4, 0.5) is 0 Å². The molecule has 0 bridgehead atoms. The number of nitrogens with one attached hydrogen (secondary N) is 1. The molecule has 1 aromatic heterocycles. The number of fused-ring (bicyclic) bond motifs is 1. The van der Waals surface area contributed by atoms with Gasteiger partial charge in [-0.3, -0.25) is 9.59 Å². The van der Waals surface area contributed by atoms with Gasteiger partial charge >= 0.3 is 5.97 Å². The van der Waals surface area contributed by atoms with Crippen molar-refractivity contribution in [2.24, 2.45) is 0 Å². The molecule has 1 aliphatic heterocycles. The van der Waals surface area contributed by atoms with Crippen LogP contribution in [-0.2, 0) is 9.53 Å². The van der Waals surface area contributed by atoms with Gasteiger partial charge in [-0.15, -0.1) is 11.3 Å². The van der Waals surface area contributed by atoms with E-state index in [1.165, 1.54) is 25.6 Å². The van der Waals surface area contributed by atoms with Gasteiger partial charge in [-0.1, -0.05) is 6.07 Å². The number of carbonyl (C=O) groups is 2. The van der Waals surface area contributed by atoms with Crippen LogP contribution in [0.3, 0.4) is 0 Å². The Balaban J connectivity index is 1.84. The second-order valence-corrected chi connectivity index (χ2v) is 6.50. The third-order valence-corrected chi connectivity index (χ3v) is 4.87. The van der Waals surface area contributed by atoms with Crippen molar-refractivity contribution >= 4 is 23.2 Å². The summed E-state index contributed by atoms with van der Waals surface area (Å²) < 4.78 is 21.1. The lowest BCUT2D eigenvalue weighted by molar-refractivity contribution is -0.141. The standard InChI is InChI=1S/C18H19NO6S/c1-22-13-8-11(9-14-17(13)25-6-5-24-14)18(21)19-12(10-16(20)23-2)15-4-3-7-26-15/h3-4,7-9,12H,5-6,10H2,1-2H3,(H,19,21)/t12-/m1/s1. The van der Waals surface area contributed by atoms with E-state index in [0.29, 0.717) is 36.0 Å². The van der Waals surface area contributed by atoms with Crippen LogP contribution in [0.25, 0.3) is 0 Å². The van der Waals surface area contributed by atoms with Crippen LogP contribution < -0.4 is 19.5 Å². The fourth-order valence-corrected chi connectivity index (χ4v) is 3.39. The maximum Gasteiger partial charge on any atom is 0.307 e. The number of thiophene rings is 1. The Morgan fingerprint density at radius 2 is 2.08 bits per heavy atom. The highest BCUT2D eigenvalue weighted by Gasteiger charge is 2.24. The molecule has 1 aromatic carbocycles. The van der Waals surface area contributed by atoms with Crippen molar-refractivity contribution < 1.29 is 28.5 Å². The Hall–Kier alpha value is -2.74. The highest BCUT2D eigenvalue weighted by atomic mass is 32.1. The van der Waals surface area contributed by atoms with E-state index in [9.17, 15) is 9.59 Å². The van der Waals surface area contributed by atoms with Crippen molar-refractivity contribution in [2.75, 3.05) is 27.4 Å². The number of carbonyl (C=O) groups excluding carboxylic acids is 2. The zero-order chi connectivity index (χ0) is 18.5. The molecule has 1 amide bonds. The lowest BCUT2D eigenvalue weighted by atomic mass is 10.1. The molecule has 0 saturated heterocycles. The first kappa shape index (κ1) is 18.1. The first-order valence-corrected chi connectivity index (χ1v) is 8.89. The molecule has 1 atom stereocenters. The fourth-order valence-electron chi connectivity index (χ4n) is 2.61. The minimum absolute atomic E-state index is 0.0461. The van der Waals surface area contributed by atoms with Gasteiger partial charge in [0.25, 0.3) is 5.91 Å². The van der Waals surface area contributed by atoms with Gasteiger partial charge in [-0.25, -0.2) is 0 Å². The van der Waals surface area contributed by atoms with Gasteiger partial charge in [0.1, 0.15) is 13.2 Å². The molecule has 2 heterocycles. The number of amides is 1. The van der Waals surface area contributed by atoms with Crippen molar-refractivity contribution in [1.82, 2.24) is 5.32 Å². The number of methoxy groups -OCH3 is 2. The molecule has 138 valence electrons. The summed E-state index contributed by atoms with van der Waals surface area (Å²) in [6.45, 7) is 0.829. The number of esters is 1. The van der Waals surface area contributed by atoms with E-state index in [1.54, 1.807) is 12.1 Å². The molecule has 0 spiro atoms. The predicted molar refractivity (Wildman–Crippen MR) is 95.1 cm³/mol. The number of rotatable bonds is 6. The van der Waals surface area contributed by atoms with E-state index in [4.69, 9.17) is 18.9 Å². The largest absolute Gasteiger partial charge is 0.493 e. The zero-order valence-electron chi connectivity index (χ0n) is 14.4. The Morgan fingerprint density at radius 1 is 1.27 bits per heavy atom. The van der Waals surface area contributed by atoms with Crippen molar-refractivity contribution in [3.63, 3.8) is 0 Å². The van der Waals surface area contributed by atoms with Crippen LogP contribution in [0.1, 0.15) is 27.7 Å². The maximum atomic E-state index is 12.8. The lowest BCUT2D eigenvalue weighted by Gasteiger charge is -2.22. The van der Waals surface area contributed by atoms with E-state index in [1.807, 2.05) is 17.5 Å². The Bertz CT molecular complexity index is 772. The van der Waals surface area contributed by atoms with Crippen LogP contribution in [-0.4, -0.2) is 39.3 Å². The van der Waals surface area contributed by atoms with E-state index >= 15 is 0 Å². The van der Waals surface area contributed by atoms with Gasteiger partial charge in [0.2, 0.25) is 5.75 Å². The van der Waals surface area contributed by atoms with Gasteiger partial charge in [0, 0.05) is 10.4 Å². The average Bonchev–Trinajstić information content (AvgIpc) is 3.21. The van der Waals surface area contributed by atoms with E-state index in [2.05, 4.69) is 5.32 Å². The van der Waals surface area contributed by atoms with Gasteiger partial charge < -0.3 is 24.3 Å². The summed E-state index contributed by atoms with van der Waals surface area (Å²) in [7, 11) is 2.82. The Kier molecular flexibility index (Phi) is 5.62. The molecule has 0 saturated carbocycles. The summed E-state index contributed by atoms with van der Waals surface area (Å²) in [5.41, 5.74) is 0.359.